The summed E-state index contributed by atoms with van der Waals surface area (Å²) >= 11 is 0. The summed E-state index contributed by atoms with van der Waals surface area (Å²) in [7, 11) is 6.55. The number of carboxylic acids is 1. The van der Waals surface area contributed by atoms with Gasteiger partial charge in [-0.1, -0.05) is 25.5 Å². The van der Waals surface area contributed by atoms with Crippen molar-refractivity contribution in [2.75, 3.05) is 73.6 Å². The van der Waals surface area contributed by atoms with Crippen LogP contribution in [0.1, 0.15) is 62.5 Å². The Hall–Kier alpha value is -2.65. The average molecular weight is 558 g/mol. The van der Waals surface area contributed by atoms with E-state index in [0.717, 1.165) is 79.5 Å². The molecule has 3 aliphatic rings. The minimum absolute atomic E-state index is 0.0589. The van der Waals surface area contributed by atoms with Crippen LogP contribution in [0.25, 0.3) is 0 Å². The first kappa shape index (κ1) is 30.3. The Kier molecular flexibility index (Phi) is 10.1. The van der Waals surface area contributed by atoms with E-state index in [1.807, 2.05) is 17.0 Å². The van der Waals surface area contributed by atoms with Crippen LogP contribution in [0.2, 0.25) is 0 Å². The zero-order chi connectivity index (χ0) is 28.9. The Morgan fingerprint density at radius 2 is 1.90 bits per heavy atom. The third kappa shape index (κ3) is 7.55. The Morgan fingerprint density at radius 3 is 2.58 bits per heavy atom. The topological polar surface area (TPSA) is 90.4 Å². The van der Waals surface area contributed by atoms with Gasteiger partial charge in [0.2, 0.25) is 11.8 Å². The molecule has 2 saturated heterocycles. The normalized spacial score (nSPS) is 22.9. The minimum Gasteiger partial charge on any atom is -0.493 e. The second-order valence-electron chi connectivity index (χ2n) is 12.8. The van der Waals surface area contributed by atoms with E-state index < -0.39 is 17.9 Å². The summed E-state index contributed by atoms with van der Waals surface area (Å²) in [5.74, 6) is -0.810. The Morgan fingerprint density at radius 1 is 1.12 bits per heavy atom. The highest BCUT2D eigenvalue weighted by Crippen LogP contribution is 2.40. The summed E-state index contributed by atoms with van der Waals surface area (Å²) in [6.45, 7) is 6.95. The standard InChI is InChI=1S/C31H48N4O5/c1-5-6-14-32(15-7-8-17-35(2,3)4)29(37)22-34-20-25(23-11-12-27-24(19-23)13-18-40-27)30(31(38)39)26(34)21-33-16-9-10-28(33)36/h11-12,19,25-26,30H,5-10,13-18,20-22H2,1-4H3/p+1. The lowest BCUT2D eigenvalue weighted by Gasteiger charge is -2.32. The van der Waals surface area contributed by atoms with E-state index in [4.69, 9.17) is 4.74 Å². The third-order valence-corrected chi connectivity index (χ3v) is 8.73. The zero-order valence-electron chi connectivity index (χ0n) is 24.9. The number of likely N-dealkylation sites (tertiary alicyclic amines) is 2. The molecule has 3 unspecified atom stereocenters. The maximum absolute atomic E-state index is 13.8. The number of unbranched alkanes of at least 4 members (excludes halogenated alkanes) is 2. The number of benzene rings is 1. The van der Waals surface area contributed by atoms with E-state index in [1.165, 1.54) is 0 Å². The fourth-order valence-electron chi connectivity index (χ4n) is 6.49. The Bertz CT molecular complexity index is 1050. The van der Waals surface area contributed by atoms with Crippen molar-refractivity contribution >= 4 is 17.8 Å². The largest absolute Gasteiger partial charge is 0.493 e. The van der Waals surface area contributed by atoms with Crippen LogP contribution in [0.3, 0.4) is 0 Å². The van der Waals surface area contributed by atoms with Gasteiger partial charge in [0.15, 0.2) is 0 Å². The van der Waals surface area contributed by atoms with Crippen LogP contribution in [-0.4, -0.2) is 122 Å². The molecule has 0 bridgehead atoms. The van der Waals surface area contributed by atoms with Gasteiger partial charge in [0.1, 0.15) is 5.75 Å². The van der Waals surface area contributed by atoms with E-state index in [9.17, 15) is 19.5 Å². The maximum Gasteiger partial charge on any atom is 0.308 e. The lowest BCUT2D eigenvalue weighted by atomic mass is 9.84. The second kappa shape index (κ2) is 13.3. The monoisotopic (exact) mass is 557 g/mol. The molecule has 0 radical (unpaired) electrons. The number of aliphatic carboxylic acids is 1. The number of amides is 2. The van der Waals surface area contributed by atoms with Crippen molar-refractivity contribution in [1.82, 2.24) is 14.7 Å². The number of carboxylic acid groups (broad SMARTS) is 1. The molecule has 2 fully saturated rings. The molecule has 0 spiro atoms. The van der Waals surface area contributed by atoms with E-state index in [0.29, 0.717) is 32.7 Å². The van der Waals surface area contributed by atoms with Gasteiger partial charge in [-0.25, -0.2) is 0 Å². The fourth-order valence-corrected chi connectivity index (χ4v) is 6.49. The van der Waals surface area contributed by atoms with Crippen molar-refractivity contribution in [3.05, 3.63) is 29.3 Å². The molecule has 3 atom stereocenters. The Labute approximate surface area is 239 Å². The first-order chi connectivity index (χ1) is 19.1. The molecule has 3 heterocycles. The molecule has 9 heteroatoms. The van der Waals surface area contributed by atoms with Gasteiger partial charge in [0.25, 0.3) is 0 Å². The molecule has 1 N–H and O–H groups in total. The number of hydrogen-bond donors (Lipinski definition) is 1. The molecule has 1 aromatic rings. The van der Waals surface area contributed by atoms with Crippen LogP contribution in [-0.2, 0) is 20.8 Å². The van der Waals surface area contributed by atoms with Crippen molar-refractivity contribution in [3.63, 3.8) is 0 Å². The summed E-state index contributed by atoms with van der Waals surface area (Å²) < 4.78 is 6.58. The molecule has 0 saturated carbocycles. The van der Waals surface area contributed by atoms with Crippen molar-refractivity contribution < 1.29 is 28.7 Å². The minimum atomic E-state index is -0.864. The molecule has 0 aliphatic carbocycles. The number of carbonyl (C=O) groups is 3. The van der Waals surface area contributed by atoms with Crippen LogP contribution in [0.5, 0.6) is 5.75 Å². The Balaban J connectivity index is 1.54. The number of ether oxygens (including phenoxy) is 1. The van der Waals surface area contributed by atoms with Crippen LogP contribution < -0.4 is 4.74 Å². The van der Waals surface area contributed by atoms with Gasteiger partial charge in [0, 0.05) is 57.5 Å². The van der Waals surface area contributed by atoms with Crippen molar-refractivity contribution in [2.45, 2.75) is 63.8 Å². The average Bonchev–Trinajstić information content (AvgIpc) is 3.62. The highest BCUT2D eigenvalue weighted by Gasteiger charge is 2.48. The van der Waals surface area contributed by atoms with Crippen molar-refractivity contribution in [2.24, 2.45) is 5.92 Å². The predicted molar refractivity (Wildman–Crippen MR) is 154 cm³/mol. The van der Waals surface area contributed by atoms with Crippen LogP contribution in [0, 0.1) is 5.92 Å². The summed E-state index contributed by atoms with van der Waals surface area (Å²) in [6.07, 6.45) is 6.09. The van der Waals surface area contributed by atoms with Gasteiger partial charge in [-0.05, 0) is 42.9 Å². The molecule has 1 aromatic carbocycles. The molecular formula is C31H49N4O5+. The molecule has 3 aliphatic heterocycles. The van der Waals surface area contributed by atoms with Gasteiger partial charge in [-0.15, -0.1) is 0 Å². The smallest absolute Gasteiger partial charge is 0.308 e. The van der Waals surface area contributed by atoms with Crippen molar-refractivity contribution in [1.29, 1.82) is 0 Å². The van der Waals surface area contributed by atoms with Gasteiger partial charge < -0.3 is 24.1 Å². The summed E-state index contributed by atoms with van der Waals surface area (Å²) in [5, 5.41) is 10.5. The SMILES string of the molecule is CCCCN(CCCC[N+](C)(C)C)C(=O)CN1CC(c2ccc3c(c2)CCO3)C(C(=O)O)C1CN1CCCC1=O. The molecule has 4 rings (SSSR count). The molecule has 2 amide bonds. The number of carbonyl (C=O) groups excluding carboxylic acids is 2. The lowest BCUT2D eigenvalue weighted by molar-refractivity contribution is -0.870. The summed E-state index contributed by atoms with van der Waals surface area (Å²) in [5.41, 5.74) is 2.09. The number of rotatable bonds is 14. The molecular weight excluding hydrogens is 508 g/mol. The maximum atomic E-state index is 13.8. The number of quaternary nitrogens is 1. The number of hydrogen-bond acceptors (Lipinski definition) is 5. The molecule has 222 valence electrons. The quantitative estimate of drug-likeness (QED) is 0.280. The zero-order valence-corrected chi connectivity index (χ0v) is 24.9. The first-order valence-corrected chi connectivity index (χ1v) is 15.2. The van der Waals surface area contributed by atoms with Gasteiger partial charge in [0.05, 0.1) is 46.8 Å². The van der Waals surface area contributed by atoms with E-state index in [1.54, 1.807) is 4.90 Å². The lowest BCUT2D eigenvalue weighted by Crippen LogP contribution is -2.49. The van der Waals surface area contributed by atoms with Gasteiger partial charge in [-0.2, -0.15) is 0 Å². The number of fused-ring (bicyclic) bond motifs is 1. The summed E-state index contributed by atoms with van der Waals surface area (Å²) in [4.78, 5) is 45.0. The third-order valence-electron chi connectivity index (χ3n) is 8.73. The van der Waals surface area contributed by atoms with E-state index in [2.05, 4.69) is 39.0 Å². The van der Waals surface area contributed by atoms with Crippen LogP contribution in [0.4, 0.5) is 0 Å². The highest BCUT2D eigenvalue weighted by atomic mass is 16.5. The predicted octanol–water partition coefficient (Wildman–Crippen LogP) is 2.83. The molecule has 40 heavy (non-hydrogen) atoms. The molecule has 0 aromatic heterocycles. The fraction of sp³-hybridized carbons (Fsp3) is 0.710. The van der Waals surface area contributed by atoms with Gasteiger partial charge in [-0.3, -0.25) is 19.3 Å². The molecule has 9 nitrogen and oxygen atoms in total. The first-order valence-electron chi connectivity index (χ1n) is 15.2. The van der Waals surface area contributed by atoms with E-state index >= 15 is 0 Å². The second-order valence-corrected chi connectivity index (χ2v) is 12.8. The summed E-state index contributed by atoms with van der Waals surface area (Å²) in [6, 6.07) is 5.61. The van der Waals surface area contributed by atoms with Crippen molar-refractivity contribution in [3.8, 4) is 5.75 Å². The van der Waals surface area contributed by atoms with Crippen LogP contribution in [0.15, 0.2) is 18.2 Å². The van der Waals surface area contributed by atoms with Crippen LogP contribution >= 0.6 is 0 Å². The number of nitrogens with zero attached hydrogens (tertiary/aromatic N) is 4. The van der Waals surface area contributed by atoms with E-state index in [-0.39, 0.29) is 24.3 Å². The van der Waals surface area contributed by atoms with Gasteiger partial charge >= 0.3 is 5.97 Å². The highest BCUT2D eigenvalue weighted by molar-refractivity contribution is 5.80.